The minimum atomic E-state index is -0.288. The Hall–Kier alpha value is -0.410. The zero-order chi connectivity index (χ0) is 9.52. The summed E-state index contributed by atoms with van der Waals surface area (Å²) in [7, 11) is 0. The van der Waals surface area contributed by atoms with Crippen molar-refractivity contribution in [1.29, 1.82) is 0 Å². The second-order valence-electron chi connectivity index (χ2n) is 3.27. The summed E-state index contributed by atoms with van der Waals surface area (Å²) >= 11 is 1.53. The van der Waals surface area contributed by atoms with Crippen LogP contribution >= 0.6 is 11.3 Å². The highest BCUT2D eigenvalue weighted by Gasteiger charge is 2.07. The third kappa shape index (κ3) is 3.87. The van der Waals surface area contributed by atoms with E-state index in [0.717, 1.165) is 17.7 Å². The molecule has 1 rings (SSSR count). The van der Waals surface area contributed by atoms with Crippen LogP contribution < -0.4 is 0 Å². The lowest BCUT2D eigenvalue weighted by atomic mass is 10.1. The van der Waals surface area contributed by atoms with Crippen molar-refractivity contribution in [3.05, 3.63) is 16.6 Å². The number of rotatable bonds is 6. The minimum Gasteiger partial charge on any atom is -0.388 e. The van der Waals surface area contributed by atoms with Crippen molar-refractivity contribution in [2.24, 2.45) is 0 Å². The molecule has 1 N–H and O–H groups in total. The average Bonchev–Trinajstić information content (AvgIpc) is 2.65. The predicted molar refractivity (Wildman–Crippen MR) is 55.8 cm³/mol. The van der Waals surface area contributed by atoms with Gasteiger partial charge in [-0.25, -0.2) is 0 Å². The molecule has 0 fully saturated rings. The van der Waals surface area contributed by atoms with E-state index in [4.69, 9.17) is 0 Å². The number of unbranched alkanes of at least 4 members (excludes halogenated alkanes) is 3. The number of nitrogens with zero attached hydrogens (tertiary/aromatic N) is 1. The van der Waals surface area contributed by atoms with Gasteiger partial charge in [-0.15, -0.1) is 11.3 Å². The van der Waals surface area contributed by atoms with Crippen LogP contribution in [0.1, 0.15) is 50.0 Å². The molecule has 0 aliphatic rings. The third-order valence-corrected chi connectivity index (χ3v) is 2.99. The second-order valence-corrected chi connectivity index (χ2v) is 4.19. The van der Waals surface area contributed by atoms with Crippen LogP contribution in [0.4, 0.5) is 0 Å². The summed E-state index contributed by atoms with van der Waals surface area (Å²) in [5.41, 5.74) is 1.77. The van der Waals surface area contributed by atoms with Crippen LogP contribution in [0, 0.1) is 0 Å². The second kappa shape index (κ2) is 6.11. The first-order chi connectivity index (χ1) is 6.34. The maximum atomic E-state index is 9.68. The van der Waals surface area contributed by atoms with Crippen molar-refractivity contribution in [1.82, 2.24) is 4.98 Å². The molecule has 1 aromatic heterocycles. The van der Waals surface area contributed by atoms with Gasteiger partial charge in [-0.05, 0) is 6.42 Å². The van der Waals surface area contributed by atoms with Crippen molar-refractivity contribution in [3.63, 3.8) is 0 Å². The number of aromatic nitrogens is 1. The fourth-order valence-electron chi connectivity index (χ4n) is 1.30. The lowest BCUT2D eigenvalue weighted by Gasteiger charge is -2.06. The Balaban J connectivity index is 2.15. The molecule has 0 spiro atoms. The zero-order valence-corrected chi connectivity index (χ0v) is 8.89. The molecule has 74 valence electrons. The molecular weight excluding hydrogens is 182 g/mol. The van der Waals surface area contributed by atoms with Gasteiger partial charge in [0.05, 0.1) is 16.5 Å². The molecule has 0 bridgehead atoms. The SMILES string of the molecule is CCCCCCC(O)c1cncs1. The first-order valence-corrected chi connectivity index (χ1v) is 5.79. The Morgan fingerprint density at radius 1 is 1.46 bits per heavy atom. The molecule has 1 unspecified atom stereocenters. The number of hydrogen-bond donors (Lipinski definition) is 1. The van der Waals surface area contributed by atoms with Gasteiger partial charge in [-0.2, -0.15) is 0 Å². The Morgan fingerprint density at radius 3 is 2.92 bits per heavy atom. The van der Waals surface area contributed by atoms with E-state index in [1.807, 2.05) is 0 Å². The van der Waals surface area contributed by atoms with Crippen molar-refractivity contribution >= 4 is 11.3 Å². The van der Waals surface area contributed by atoms with Crippen LogP contribution in [0.5, 0.6) is 0 Å². The Bertz CT molecular complexity index is 211. The maximum Gasteiger partial charge on any atom is 0.0898 e. The summed E-state index contributed by atoms with van der Waals surface area (Å²) in [6, 6.07) is 0. The smallest absolute Gasteiger partial charge is 0.0898 e. The van der Waals surface area contributed by atoms with E-state index in [0.29, 0.717) is 0 Å². The van der Waals surface area contributed by atoms with Gasteiger partial charge in [-0.1, -0.05) is 32.6 Å². The van der Waals surface area contributed by atoms with Gasteiger partial charge >= 0.3 is 0 Å². The quantitative estimate of drug-likeness (QED) is 0.714. The van der Waals surface area contributed by atoms with E-state index >= 15 is 0 Å². The zero-order valence-electron chi connectivity index (χ0n) is 8.07. The molecule has 0 saturated heterocycles. The molecule has 13 heavy (non-hydrogen) atoms. The van der Waals surface area contributed by atoms with Gasteiger partial charge in [0.2, 0.25) is 0 Å². The van der Waals surface area contributed by atoms with Crippen molar-refractivity contribution in [3.8, 4) is 0 Å². The number of thiazole rings is 1. The van der Waals surface area contributed by atoms with Crippen LogP contribution in [0.25, 0.3) is 0 Å². The van der Waals surface area contributed by atoms with Crippen molar-refractivity contribution in [2.75, 3.05) is 0 Å². The highest BCUT2D eigenvalue weighted by Crippen LogP contribution is 2.22. The van der Waals surface area contributed by atoms with Gasteiger partial charge < -0.3 is 5.11 Å². The molecule has 2 nitrogen and oxygen atoms in total. The lowest BCUT2D eigenvalue weighted by molar-refractivity contribution is 0.167. The van der Waals surface area contributed by atoms with Gasteiger partial charge in [0.15, 0.2) is 0 Å². The largest absolute Gasteiger partial charge is 0.388 e. The fourth-order valence-corrected chi connectivity index (χ4v) is 1.94. The predicted octanol–water partition coefficient (Wildman–Crippen LogP) is 3.15. The van der Waals surface area contributed by atoms with Gasteiger partial charge in [0, 0.05) is 6.20 Å². The fraction of sp³-hybridized carbons (Fsp3) is 0.700. The summed E-state index contributed by atoms with van der Waals surface area (Å²) in [6.07, 6.45) is 7.22. The Labute approximate surface area is 83.6 Å². The highest BCUT2D eigenvalue weighted by atomic mass is 32.1. The van der Waals surface area contributed by atoms with Gasteiger partial charge in [-0.3, -0.25) is 4.98 Å². The van der Waals surface area contributed by atoms with Gasteiger partial charge in [0.25, 0.3) is 0 Å². The number of hydrogen-bond acceptors (Lipinski definition) is 3. The maximum absolute atomic E-state index is 9.68. The molecule has 0 aromatic carbocycles. The van der Waals surface area contributed by atoms with E-state index < -0.39 is 0 Å². The standard InChI is InChI=1S/C10H17NOS/c1-2-3-4-5-6-9(12)10-7-11-8-13-10/h7-9,12H,2-6H2,1H3. The molecule has 0 aliphatic carbocycles. The van der Waals surface area contributed by atoms with E-state index in [2.05, 4.69) is 11.9 Å². The normalized spacial score (nSPS) is 13.1. The minimum absolute atomic E-state index is 0.288. The lowest BCUT2D eigenvalue weighted by Crippen LogP contribution is -1.94. The summed E-state index contributed by atoms with van der Waals surface area (Å²) in [6.45, 7) is 2.19. The first kappa shape index (κ1) is 10.7. The van der Waals surface area contributed by atoms with Crippen LogP contribution in [0.2, 0.25) is 0 Å². The molecule has 1 heterocycles. The monoisotopic (exact) mass is 199 g/mol. The molecule has 0 amide bonds. The van der Waals surface area contributed by atoms with Crippen molar-refractivity contribution in [2.45, 2.75) is 45.1 Å². The average molecular weight is 199 g/mol. The molecule has 0 aliphatic heterocycles. The summed E-state index contributed by atoms with van der Waals surface area (Å²) in [5, 5.41) is 9.68. The van der Waals surface area contributed by atoms with Crippen molar-refractivity contribution < 1.29 is 5.11 Å². The van der Waals surface area contributed by atoms with E-state index in [1.54, 1.807) is 11.7 Å². The molecule has 3 heteroatoms. The summed E-state index contributed by atoms with van der Waals surface area (Å²) < 4.78 is 0. The van der Waals surface area contributed by atoms with Gasteiger partial charge in [0.1, 0.15) is 0 Å². The number of aliphatic hydroxyl groups is 1. The van der Waals surface area contributed by atoms with E-state index in [-0.39, 0.29) is 6.10 Å². The van der Waals surface area contributed by atoms with Crippen LogP contribution in [-0.4, -0.2) is 10.1 Å². The summed E-state index contributed by atoms with van der Waals surface area (Å²) in [5.74, 6) is 0. The molecular formula is C10H17NOS. The van der Waals surface area contributed by atoms with Crippen LogP contribution in [0.3, 0.4) is 0 Å². The van der Waals surface area contributed by atoms with Crippen LogP contribution in [0.15, 0.2) is 11.7 Å². The summed E-state index contributed by atoms with van der Waals surface area (Å²) in [4.78, 5) is 4.94. The number of aliphatic hydroxyl groups excluding tert-OH is 1. The van der Waals surface area contributed by atoms with Crippen LogP contribution in [-0.2, 0) is 0 Å². The molecule has 0 radical (unpaired) electrons. The Morgan fingerprint density at radius 2 is 2.31 bits per heavy atom. The molecule has 1 atom stereocenters. The third-order valence-electron chi connectivity index (χ3n) is 2.11. The highest BCUT2D eigenvalue weighted by molar-refractivity contribution is 7.09. The Kier molecular flexibility index (Phi) is 5.01. The molecule has 1 aromatic rings. The molecule has 0 saturated carbocycles. The van der Waals surface area contributed by atoms with E-state index in [1.165, 1.54) is 30.6 Å². The topological polar surface area (TPSA) is 33.1 Å². The van der Waals surface area contributed by atoms with E-state index in [9.17, 15) is 5.11 Å². The first-order valence-electron chi connectivity index (χ1n) is 4.91.